The Morgan fingerprint density at radius 1 is 1.12 bits per heavy atom. The lowest BCUT2D eigenvalue weighted by Crippen LogP contribution is -2.02. The summed E-state index contributed by atoms with van der Waals surface area (Å²) in [5.41, 5.74) is 5.41. The molecule has 0 saturated heterocycles. The topological polar surface area (TPSA) is 0 Å². The molecule has 1 aromatic carbocycles. The van der Waals surface area contributed by atoms with Gasteiger partial charge in [0.15, 0.2) is 0 Å². The number of terminal acetylenes is 1. The zero-order valence-corrected chi connectivity index (χ0v) is 11.6. The first kappa shape index (κ1) is 13.8. The van der Waals surface area contributed by atoms with E-state index in [4.69, 9.17) is 6.42 Å². The van der Waals surface area contributed by atoms with Gasteiger partial charge in [-0.2, -0.15) is 0 Å². The van der Waals surface area contributed by atoms with Crippen LogP contribution in [0, 0.1) is 33.1 Å². The maximum atomic E-state index is 5.71. The fraction of sp³-hybridized carbons (Fsp3) is 0.529. The van der Waals surface area contributed by atoms with E-state index in [-0.39, 0.29) is 0 Å². The van der Waals surface area contributed by atoms with Crippen molar-refractivity contribution in [1.82, 2.24) is 0 Å². The van der Waals surface area contributed by atoms with E-state index in [1.807, 2.05) is 0 Å². The summed E-state index contributed by atoms with van der Waals surface area (Å²) in [6.45, 7) is 8.73. The van der Waals surface area contributed by atoms with Gasteiger partial charge in [0.05, 0.1) is 0 Å². The van der Waals surface area contributed by atoms with E-state index in [1.165, 1.54) is 41.5 Å². The molecule has 17 heavy (non-hydrogen) atoms. The lowest BCUT2D eigenvalue weighted by molar-refractivity contribution is 0.634. The lowest BCUT2D eigenvalue weighted by atomic mass is 9.86. The van der Waals surface area contributed by atoms with Crippen LogP contribution in [0.2, 0.25) is 0 Å². The molecule has 0 nitrogen and oxygen atoms in total. The van der Waals surface area contributed by atoms with E-state index in [0.29, 0.717) is 5.92 Å². The van der Waals surface area contributed by atoms with Crippen molar-refractivity contribution in [3.05, 3.63) is 34.4 Å². The van der Waals surface area contributed by atoms with Crippen LogP contribution in [0.1, 0.15) is 60.8 Å². The molecular formula is C17H24. The Morgan fingerprint density at radius 2 is 1.71 bits per heavy atom. The molecule has 0 heterocycles. The first-order valence-electron chi connectivity index (χ1n) is 6.64. The predicted molar refractivity (Wildman–Crippen MR) is 76.4 cm³/mol. The molecule has 1 rings (SSSR count). The second-order valence-corrected chi connectivity index (χ2v) is 5.03. The van der Waals surface area contributed by atoms with Gasteiger partial charge in [0.1, 0.15) is 0 Å². The van der Waals surface area contributed by atoms with Crippen molar-refractivity contribution in [2.24, 2.45) is 0 Å². The Hall–Kier alpha value is -1.22. The molecule has 0 fully saturated rings. The molecule has 0 bridgehead atoms. The molecule has 0 heteroatoms. The molecule has 0 N–H and O–H groups in total. The highest BCUT2D eigenvalue weighted by atomic mass is 14.2. The number of hydrogen-bond acceptors (Lipinski definition) is 0. The van der Waals surface area contributed by atoms with Crippen LogP contribution in [0.4, 0.5) is 0 Å². The molecule has 0 aliphatic carbocycles. The minimum atomic E-state index is 0.294. The van der Waals surface area contributed by atoms with Crippen molar-refractivity contribution in [3.8, 4) is 12.3 Å². The molecule has 0 aliphatic heterocycles. The van der Waals surface area contributed by atoms with Gasteiger partial charge < -0.3 is 0 Å². The number of hydrogen-bond donors (Lipinski definition) is 0. The third kappa shape index (κ3) is 3.63. The monoisotopic (exact) mass is 228 g/mol. The number of aryl methyl sites for hydroxylation is 3. The molecule has 0 aromatic heterocycles. The largest absolute Gasteiger partial charge is 0.119 e. The van der Waals surface area contributed by atoms with Gasteiger partial charge in [0.2, 0.25) is 0 Å². The van der Waals surface area contributed by atoms with E-state index in [0.717, 1.165) is 6.42 Å². The summed E-state index contributed by atoms with van der Waals surface area (Å²) in [4.78, 5) is 0. The normalized spacial score (nSPS) is 12.2. The van der Waals surface area contributed by atoms with E-state index in [2.05, 4.69) is 45.7 Å². The minimum Gasteiger partial charge on any atom is -0.119 e. The van der Waals surface area contributed by atoms with Gasteiger partial charge in [-0.25, -0.2) is 0 Å². The van der Waals surface area contributed by atoms with Crippen LogP contribution < -0.4 is 0 Å². The third-order valence-electron chi connectivity index (χ3n) is 3.38. The number of benzene rings is 1. The summed E-state index contributed by atoms with van der Waals surface area (Å²) in [6, 6.07) is 4.49. The van der Waals surface area contributed by atoms with E-state index in [9.17, 15) is 0 Å². The number of rotatable bonds is 5. The molecule has 0 aliphatic rings. The van der Waals surface area contributed by atoms with Crippen molar-refractivity contribution >= 4 is 0 Å². The van der Waals surface area contributed by atoms with Crippen LogP contribution in [-0.2, 0) is 0 Å². The van der Waals surface area contributed by atoms with Crippen LogP contribution in [0.3, 0.4) is 0 Å². The van der Waals surface area contributed by atoms with Crippen molar-refractivity contribution in [1.29, 1.82) is 0 Å². The third-order valence-corrected chi connectivity index (χ3v) is 3.38. The Bertz CT molecular complexity index is 384. The average Bonchev–Trinajstić information content (AvgIpc) is 2.25. The van der Waals surface area contributed by atoms with Crippen molar-refractivity contribution in [3.63, 3.8) is 0 Å². The Morgan fingerprint density at radius 3 is 2.18 bits per heavy atom. The lowest BCUT2D eigenvalue weighted by Gasteiger charge is -2.17. The van der Waals surface area contributed by atoms with Crippen LogP contribution in [0.25, 0.3) is 0 Å². The SMILES string of the molecule is C#CC(CCCCC)c1c(C)cc(C)cc1C. The highest BCUT2D eigenvalue weighted by molar-refractivity contribution is 5.42. The summed E-state index contributed by atoms with van der Waals surface area (Å²) in [5, 5.41) is 0. The Kier molecular flexibility index (Phi) is 5.29. The van der Waals surface area contributed by atoms with E-state index < -0.39 is 0 Å². The van der Waals surface area contributed by atoms with Crippen molar-refractivity contribution in [2.45, 2.75) is 59.3 Å². The molecule has 0 radical (unpaired) electrons. The van der Waals surface area contributed by atoms with Crippen LogP contribution in [0.15, 0.2) is 12.1 Å². The second-order valence-electron chi connectivity index (χ2n) is 5.03. The van der Waals surface area contributed by atoms with Crippen molar-refractivity contribution in [2.75, 3.05) is 0 Å². The minimum absolute atomic E-state index is 0.294. The van der Waals surface area contributed by atoms with Gasteiger partial charge in [-0.3, -0.25) is 0 Å². The average molecular weight is 228 g/mol. The molecule has 0 saturated carbocycles. The fourth-order valence-corrected chi connectivity index (χ4v) is 2.65. The van der Waals surface area contributed by atoms with E-state index >= 15 is 0 Å². The van der Waals surface area contributed by atoms with Gasteiger partial charge in [-0.05, 0) is 43.9 Å². The zero-order chi connectivity index (χ0) is 12.8. The van der Waals surface area contributed by atoms with Gasteiger partial charge in [0, 0.05) is 5.92 Å². The van der Waals surface area contributed by atoms with E-state index in [1.54, 1.807) is 0 Å². The summed E-state index contributed by atoms with van der Waals surface area (Å²) < 4.78 is 0. The summed E-state index contributed by atoms with van der Waals surface area (Å²) in [7, 11) is 0. The van der Waals surface area contributed by atoms with Gasteiger partial charge in [0.25, 0.3) is 0 Å². The van der Waals surface area contributed by atoms with Crippen molar-refractivity contribution < 1.29 is 0 Å². The van der Waals surface area contributed by atoms with Crippen LogP contribution in [-0.4, -0.2) is 0 Å². The summed E-state index contributed by atoms with van der Waals surface area (Å²) >= 11 is 0. The Balaban J connectivity index is 2.93. The summed E-state index contributed by atoms with van der Waals surface area (Å²) in [6.07, 6.45) is 10.6. The van der Waals surface area contributed by atoms with Gasteiger partial charge in [-0.15, -0.1) is 6.42 Å². The smallest absolute Gasteiger partial charge is 0.0454 e. The molecule has 92 valence electrons. The standard InChI is InChI=1S/C17H24/c1-6-8-9-10-16(7-2)17-14(4)11-13(3)12-15(17)5/h2,11-12,16H,6,8-10H2,1,3-5H3. The molecule has 0 spiro atoms. The fourth-order valence-electron chi connectivity index (χ4n) is 2.65. The van der Waals surface area contributed by atoms with Gasteiger partial charge >= 0.3 is 0 Å². The maximum Gasteiger partial charge on any atom is 0.0454 e. The summed E-state index contributed by atoms with van der Waals surface area (Å²) in [5.74, 6) is 3.27. The predicted octanol–water partition coefficient (Wildman–Crippen LogP) is 4.91. The Labute approximate surface area is 106 Å². The molecule has 0 amide bonds. The molecule has 1 unspecified atom stereocenters. The quantitative estimate of drug-likeness (QED) is 0.496. The van der Waals surface area contributed by atoms with Crippen LogP contribution in [0.5, 0.6) is 0 Å². The highest BCUT2D eigenvalue weighted by Crippen LogP contribution is 2.28. The molecule has 1 aromatic rings. The number of unbranched alkanes of at least 4 members (excludes halogenated alkanes) is 2. The molecular weight excluding hydrogens is 204 g/mol. The maximum absolute atomic E-state index is 5.71. The first-order valence-corrected chi connectivity index (χ1v) is 6.64. The zero-order valence-electron chi connectivity index (χ0n) is 11.6. The van der Waals surface area contributed by atoms with Gasteiger partial charge in [-0.1, -0.05) is 49.8 Å². The van der Waals surface area contributed by atoms with Crippen LogP contribution >= 0.6 is 0 Å². The second kappa shape index (κ2) is 6.50. The first-order chi connectivity index (χ1) is 8.10. The molecule has 1 atom stereocenters. The highest BCUT2D eigenvalue weighted by Gasteiger charge is 2.13.